The highest BCUT2D eigenvalue weighted by Gasteiger charge is 2.21. The number of pyridine rings is 1. The lowest BCUT2D eigenvalue weighted by Gasteiger charge is -2.27. The number of nitrogens with zero attached hydrogens (tertiary/aromatic N) is 1. The number of amides is 1. The molecule has 1 aromatic rings. The van der Waals surface area contributed by atoms with Crippen LogP contribution in [0.3, 0.4) is 0 Å². The van der Waals surface area contributed by atoms with E-state index in [1.165, 1.54) is 10.6 Å². The molecular weight excluding hydrogens is 232 g/mol. The predicted molar refractivity (Wildman–Crippen MR) is 67.6 cm³/mol. The van der Waals surface area contributed by atoms with Crippen molar-refractivity contribution < 1.29 is 9.53 Å². The highest BCUT2D eigenvalue weighted by molar-refractivity contribution is 5.94. The van der Waals surface area contributed by atoms with Crippen LogP contribution in [0, 0.1) is 0 Å². The van der Waals surface area contributed by atoms with Gasteiger partial charge < -0.3 is 14.6 Å². The molecule has 0 bridgehead atoms. The Bertz CT molecular complexity index is 495. The second-order valence-corrected chi connectivity index (χ2v) is 4.74. The van der Waals surface area contributed by atoms with Gasteiger partial charge in [-0.05, 0) is 25.8 Å². The number of nitrogens with one attached hydrogen (secondary N) is 1. The zero-order chi connectivity index (χ0) is 13.1. The molecule has 5 nitrogen and oxygen atoms in total. The van der Waals surface area contributed by atoms with Crippen LogP contribution in [0.15, 0.2) is 23.1 Å². The summed E-state index contributed by atoms with van der Waals surface area (Å²) in [6.45, 7) is 2.67. The second-order valence-electron chi connectivity index (χ2n) is 4.74. The number of carbonyl (C=O) groups excluding carboxylic acids is 1. The summed E-state index contributed by atoms with van der Waals surface area (Å²) in [6, 6.07) is 3.14. The minimum Gasteiger partial charge on any atom is -0.378 e. The van der Waals surface area contributed by atoms with E-state index in [4.69, 9.17) is 4.74 Å². The Kier molecular flexibility index (Phi) is 3.81. The SMILES string of the molecule is CC1CC(NC(=O)c2ccn(C)c(=O)c2)CCO1. The Hall–Kier alpha value is -1.62. The molecule has 2 heterocycles. The third-order valence-corrected chi connectivity index (χ3v) is 3.19. The van der Waals surface area contributed by atoms with Crippen LogP contribution in [0.1, 0.15) is 30.1 Å². The first-order chi connectivity index (χ1) is 8.56. The van der Waals surface area contributed by atoms with Crippen molar-refractivity contribution in [2.75, 3.05) is 6.61 Å². The number of hydrogen-bond donors (Lipinski definition) is 1. The Balaban J connectivity index is 2.03. The van der Waals surface area contributed by atoms with E-state index in [0.29, 0.717) is 12.2 Å². The topological polar surface area (TPSA) is 60.3 Å². The van der Waals surface area contributed by atoms with Crippen molar-refractivity contribution in [3.63, 3.8) is 0 Å². The van der Waals surface area contributed by atoms with Crippen LogP contribution in [0.5, 0.6) is 0 Å². The van der Waals surface area contributed by atoms with Gasteiger partial charge in [0.25, 0.3) is 11.5 Å². The normalized spacial score (nSPS) is 23.7. The fourth-order valence-electron chi connectivity index (χ4n) is 2.09. The molecule has 2 unspecified atom stereocenters. The van der Waals surface area contributed by atoms with E-state index in [0.717, 1.165) is 12.8 Å². The van der Waals surface area contributed by atoms with Crippen molar-refractivity contribution in [3.05, 3.63) is 34.2 Å². The molecule has 0 aliphatic carbocycles. The van der Waals surface area contributed by atoms with Gasteiger partial charge in [0.2, 0.25) is 0 Å². The third kappa shape index (κ3) is 2.98. The molecule has 0 spiro atoms. The van der Waals surface area contributed by atoms with E-state index in [9.17, 15) is 9.59 Å². The average Bonchev–Trinajstić information content (AvgIpc) is 2.32. The smallest absolute Gasteiger partial charge is 0.251 e. The molecule has 98 valence electrons. The van der Waals surface area contributed by atoms with Crippen molar-refractivity contribution >= 4 is 5.91 Å². The molecule has 1 aliphatic rings. The maximum absolute atomic E-state index is 12.0. The largest absolute Gasteiger partial charge is 0.378 e. The lowest BCUT2D eigenvalue weighted by atomic mass is 10.0. The average molecular weight is 250 g/mol. The number of rotatable bonds is 2. The van der Waals surface area contributed by atoms with E-state index in [1.807, 2.05) is 6.92 Å². The number of aromatic nitrogens is 1. The first-order valence-corrected chi connectivity index (χ1v) is 6.15. The summed E-state index contributed by atoms with van der Waals surface area (Å²) in [5.41, 5.74) is 0.236. The second kappa shape index (κ2) is 5.35. The lowest BCUT2D eigenvalue weighted by molar-refractivity contribution is 0.0136. The summed E-state index contributed by atoms with van der Waals surface area (Å²) in [5.74, 6) is -0.188. The molecule has 2 atom stereocenters. The zero-order valence-corrected chi connectivity index (χ0v) is 10.7. The van der Waals surface area contributed by atoms with Crippen molar-refractivity contribution in [1.29, 1.82) is 0 Å². The van der Waals surface area contributed by atoms with Gasteiger partial charge >= 0.3 is 0 Å². The Morgan fingerprint density at radius 3 is 3.00 bits per heavy atom. The van der Waals surface area contributed by atoms with Crippen molar-refractivity contribution in [3.8, 4) is 0 Å². The minimum absolute atomic E-state index is 0.130. The van der Waals surface area contributed by atoms with Gasteiger partial charge in [0, 0.05) is 37.5 Å². The lowest BCUT2D eigenvalue weighted by Crippen LogP contribution is -2.41. The van der Waals surface area contributed by atoms with Crippen molar-refractivity contribution in [2.24, 2.45) is 7.05 Å². The summed E-state index contributed by atoms with van der Waals surface area (Å²) in [7, 11) is 1.66. The molecule has 0 radical (unpaired) electrons. The van der Waals surface area contributed by atoms with Crippen LogP contribution in [0.25, 0.3) is 0 Å². The highest BCUT2D eigenvalue weighted by atomic mass is 16.5. The number of carbonyl (C=O) groups is 1. The van der Waals surface area contributed by atoms with Gasteiger partial charge in [-0.1, -0.05) is 0 Å². The monoisotopic (exact) mass is 250 g/mol. The van der Waals surface area contributed by atoms with E-state index in [-0.39, 0.29) is 23.6 Å². The minimum atomic E-state index is -0.188. The Morgan fingerprint density at radius 2 is 2.33 bits per heavy atom. The molecule has 18 heavy (non-hydrogen) atoms. The third-order valence-electron chi connectivity index (χ3n) is 3.19. The highest BCUT2D eigenvalue weighted by Crippen LogP contribution is 2.13. The number of hydrogen-bond acceptors (Lipinski definition) is 3. The molecule has 1 N–H and O–H groups in total. The van der Waals surface area contributed by atoms with E-state index in [1.54, 1.807) is 19.3 Å². The van der Waals surface area contributed by atoms with Crippen LogP contribution in [0.2, 0.25) is 0 Å². The van der Waals surface area contributed by atoms with Crippen LogP contribution >= 0.6 is 0 Å². The molecule has 1 fully saturated rings. The fraction of sp³-hybridized carbons (Fsp3) is 0.538. The summed E-state index contributed by atoms with van der Waals surface area (Å²) in [4.78, 5) is 23.4. The van der Waals surface area contributed by atoms with Crippen LogP contribution in [0.4, 0.5) is 0 Å². The number of ether oxygens (including phenoxy) is 1. The van der Waals surface area contributed by atoms with Crippen molar-refractivity contribution in [2.45, 2.75) is 31.9 Å². The van der Waals surface area contributed by atoms with Crippen LogP contribution in [-0.2, 0) is 11.8 Å². The summed E-state index contributed by atoms with van der Waals surface area (Å²) in [5, 5.41) is 2.95. The summed E-state index contributed by atoms with van der Waals surface area (Å²) >= 11 is 0. The standard InChI is InChI=1S/C13H18N2O3/c1-9-7-11(4-6-18-9)14-13(17)10-3-5-15(2)12(16)8-10/h3,5,8-9,11H,4,6-7H2,1-2H3,(H,14,17). The number of aryl methyl sites for hydroxylation is 1. The first-order valence-electron chi connectivity index (χ1n) is 6.15. The molecule has 1 aliphatic heterocycles. The molecular formula is C13H18N2O3. The van der Waals surface area contributed by atoms with Crippen molar-refractivity contribution in [1.82, 2.24) is 9.88 Å². The van der Waals surface area contributed by atoms with E-state index in [2.05, 4.69) is 5.32 Å². The van der Waals surface area contributed by atoms with E-state index >= 15 is 0 Å². The molecule has 5 heteroatoms. The predicted octanol–water partition coefficient (Wildman–Crippen LogP) is 0.683. The first kappa shape index (κ1) is 12.8. The van der Waals surface area contributed by atoms with Gasteiger partial charge in [-0.25, -0.2) is 0 Å². The van der Waals surface area contributed by atoms with Gasteiger partial charge in [0.1, 0.15) is 0 Å². The summed E-state index contributed by atoms with van der Waals surface area (Å²) < 4.78 is 6.86. The molecule has 1 aromatic heterocycles. The van der Waals surface area contributed by atoms with Gasteiger partial charge in [-0.15, -0.1) is 0 Å². The van der Waals surface area contributed by atoms with Crippen LogP contribution in [-0.4, -0.2) is 29.2 Å². The van der Waals surface area contributed by atoms with Gasteiger partial charge in [0.15, 0.2) is 0 Å². The van der Waals surface area contributed by atoms with Gasteiger partial charge in [-0.3, -0.25) is 9.59 Å². The zero-order valence-electron chi connectivity index (χ0n) is 10.7. The molecule has 1 saturated heterocycles. The molecule has 0 aromatic carbocycles. The molecule has 0 saturated carbocycles. The Morgan fingerprint density at radius 1 is 1.56 bits per heavy atom. The maximum atomic E-state index is 12.0. The van der Waals surface area contributed by atoms with Gasteiger partial charge in [-0.2, -0.15) is 0 Å². The fourth-order valence-corrected chi connectivity index (χ4v) is 2.09. The van der Waals surface area contributed by atoms with E-state index < -0.39 is 0 Å². The summed E-state index contributed by atoms with van der Waals surface area (Å²) in [6.07, 6.45) is 3.41. The maximum Gasteiger partial charge on any atom is 0.251 e. The van der Waals surface area contributed by atoms with Gasteiger partial charge in [0.05, 0.1) is 6.10 Å². The van der Waals surface area contributed by atoms with Crippen LogP contribution < -0.4 is 10.9 Å². The quantitative estimate of drug-likeness (QED) is 0.839. The Labute approximate surface area is 106 Å². The molecule has 1 amide bonds. The molecule has 2 rings (SSSR count).